The van der Waals surface area contributed by atoms with Crippen molar-refractivity contribution in [1.82, 2.24) is 0 Å². The van der Waals surface area contributed by atoms with Crippen LogP contribution >= 0.6 is 7.60 Å². The Labute approximate surface area is 107 Å². The third-order valence-electron chi connectivity index (χ3n) is 2.86. The molecule has 0 amide bonds. The predicted octanol–water partition coefficient (Wildman–Crippen LogP) is 2.39. The third-order valence-corrected chi connectivity index (χ3v) is 3.58. The molecule has 18 heavy (non-hydrogen) atoms. The smallest absolute Gasteiger partial charge is 0.324 e. The lowest BCUT2D eigenvalue weighted by Crippen LogP contribution is -2.15. The van der Waals surface area contributed by atoms with Crippen molar-refractivity contribution in [2.24, 2.45) is 5.92 Å². The average molecular weight is 270 g/mol. The van der Waals surface area contributed by atoms with Gasteiger partial charge in [0.25, 0.3) is 0 Å². The largest absolute Gasteiger partial charge is 0.332 e. The molecule has 0 spiro atoms. The van der Waals surface area contributed by atoms with Gasteiger partial charge in [0.2, 0.25) is 0 Å². The first-order valence-corrected chi connectivity index (χ1v) is 7.79. The zero-order valence-corrected chi connectivity index (χ0v) is 11.3. The molecule has 0 aromatic heterocycles. The van der Waals surface area contributed by atoms with Gasteiger partial charge in [0, 0.05) is 5.92 Å². The molecule has 2 N–H and O–H groups in total. The van der Waals surface area contributed by atoms with Crippen molar-refractivity contribution in [3.8, 4) is 0 Å². The van der Waals surface area contributed by atoms with Crippen molar-refractivity contribution in [2.45, 2.75) is 26.2 Å². The number of hydrogen-bond donors (Lipinski definition) is 2. The van der Waals surface area contributed by atoms with Gasteiger partial charge in [0.1, 0.15) is 11.9 Å². The summed E-state index contributed by atoms with van der Waals surface area (Å²) in [5.41, 5.74) is 1.21. The molecule has 0 aliphatic carbocycles. The van der Waals surface area contributed by atoms with Crippen LogP contribution in [0, 0.1) is 5.92 Å². The van der Waals surface area contributed by atoms with E-state index in [9.17, 15) is 9.36 Å². The SMILES string of the molecule is CC(CCCc1ccccc1)C(=O)CP(=O)(O)O. The summed E-state index contributed by atoms with van der Waals surface area (Å²) in [6.45, 7) is 1.73. The van der Waals surface area contributed by atoms with Crippen molar-refractivity contribution < 1.29 is 19.1 Å². The highest BCUT2D eigenvalue weighted by atomic mass is 31.2. The molecule has 1 aromatic carbocycles. The maximum absolute atomic E-state index is 11.5. The van der Waals surface area contributed by atoms with Gasteiger partial charge in [-0.05, 0) is 24.8 Å². The molecule has 0 saturated carbocycles. The first-order chi connectivity index (χ1) is 8.38. The Bertz CT molecular complexity index is 424. The number of ketones is 1. The Morgan fingerprint density at radius 3 is 2.44 bits per heavy atom. The summed E-state index contributed by atoms with van der Waals surface area (Å²) in [7, 11) is -4.22. The second-order valence-corrected chi connectivity index (χ2v) is 6.21. The van der Waals surface area contributed by atoms with Gasteiger partial charge in [-0.1, -0.05) is 37.3 Å². The van der Waals surface area contributed by atoms with Crippen molar-refractivity contribution in [2.75, 3.05) is 6.16 Å². The quantitative estimate of drug-likeness (QED) is 0.746. The molecule has 4 nitrogen and oxygen atoms in total. The minimum absolute atomic E-state index is 0.290. The molecule has 1 rings (SSSR count). The lowest BCUT2D eigenvalue weighted by atomic mass is 9.98. The number of hydrogen-bond acceptors (Lipinski definition) is 2. The van der Waals surface area contributed by atoms with Gasteiger partial charge >= 0.3 is 7.60 Å². The van der Waals surface area contributed by atoms with E-state index < -0.39 is 13.8 Å². The Morgan fingerprint density at radius 1 is 1.28 bits per heavy atom. The van der Waals surface area contributed by atoms with Crippen LogP contribution in [0.2, 0.25) is 0 Å². The minimum Gasteiger partial charge on any atom is -0.324 e. The average Bonchev–Trinajstić information content (AvgIpc) is 2.28. The minimum atomic E-state index is -4.22. The van der Waals surface area contributed by atoms with Crippen LogP contribution in [0.25, 0.3) is 0 Å². The molecule has 0 aliphatic rings. The second-order valence-electron chi connectivity index (χ2n) is 4.57. The first-order valence-electron chi connectivity index (χ1n) is 5.99. The van der Waals surface area contributed by atoms with Gasteiger partial charge in [0.15, 0.2) is 0 Å². The summed E-state index contributed by atoms with van der Waals surface area (Å²) >= 11 is 0. The highest BCUT2D eigenvalue weighted by Crippen LogP contribution is 2.35. The van der Waals surface area contributed by atoms with Crippen LogP contribution in [0.15, 0.2) is 30.3 Å². The molecule has 1 atom stereocenters. The molecular weight excluding hydrogens is 251 g/mol. The summed E-state index contributed by atoms with van der Waals surface area (Å²) in [6, 6.07) is 9.95. The van der Waals surface area contributed by atoms with E-state index in [1.807, 2.05) is 30.3 Å². The molecule has 0 fully saturated rings. The molecule has 0 radical (unpaired) electrons. The van der Waals surface area contributed by atoms with Crippen LogP contribution in [-0.4, -0.2) is 21.7 Å². The fourth-order valence-corrected chi connectivity index (χ4v) is 2.49. The topological polar surface area (TPSA) is 74.6 Å². The van der Waals surface area contributed by atoms with Gasteiger partial charge < -0.3 is 9.79 Å². The maximum Gasteiger partial charge on any atom is 0.332 e. The molecule has 5 heteroatoms. The predicted molar refractivity (Wildman–Crippen MR) is 70.5 cm³/mol. The van der Waals surface area contributed by atoms with E-state index in [1.165, 1.54) is 5.56 Å². The van der Waals surface area contributed by atoms with Crippen molar-refractivity contribution >= 4 is 13.4 Å². The fraction of sp³-hybridized carbons (Fsp3) is 0.462. The standard InChI is InChI=1S/C13H19O4P/c1-11(13(14)10-18(15,16)17)6-5-9-12-7-3-2-4-8-12/h2-4,7-8,11H,5-6,9-10H2,1H3,(H2,15,16,17). The molecular formula is C13H19O4P. The third kappa shape index (κ3) is 6.10. The van der Waals surface area contributed by atoms with E-state index in [4.69, 9.17) is 9.79 Å². The Balaban J connectivity index is 2.31. The van der Waals surface area contributed by atoms with E-state index in [0.717, 1.165) is 12.8 Å². The second kappa shape index (κ2) is 6.83. The Kier molecular flexibility index (Phi) is 5.73. The molecule has 0 aliphatic heterocycles. The Morgan fingerprint density at radius 2 is 1.89 bits per heavy atom. The molecule has 1 aromatic rings. The number of Topliss-reactive ketones (excluding diaryl/α,β-unsaturated/α-hetero) is 1. The summed E-state index contributed by atoms with van der Waals surface area (Å²) in [5.74, 6) is -0.641. The lowest BCUT2D eigenvalue weighted by molar-refractivity contribution is -0.120. The highest BCUT2D eigenvalue weighted by Gasteiger charge is 2.22. The van der Waals surface area contributed by atoms with Gasteiger partial charge in [-0.15, -0.1) is 0 Å². The maximum atomic E-state index is 11.5. The summed E-state index contributed by atoms with van der Waals surface area (Å²) in [5, 5.41) is 0. The number of benzene rings is 1. The van der Waals surface area contributed by atoms with Gasteiger partial charge in [-0.25, -0.2) is 0 Å². The number of rotatable bonds is 7. The zero-order valence-electron chi connectivity index (χ0n) is 10.5. The first kappa shape index (κ1) is 15.1. The summed E-state index contributed by atoms with van der Waals surface area (Å²) in [6.07, 6.45) is 1.75. The van der Waals surface area contributed by atoms with Crippen molar-refractivity contribution in [3.05, 3.63) is 35.9 Å². The lowest BCUT2D eigenvalue weighted by Gasteiger charge is -2.11. The fourth-order valence-electron chi connectivity index (χ4n) is 1.78. The number of aryl methyl sites for hydroxylation is 1. The number of carbonyl (C=O) groups excluding carboxylic acids is 1. The van der Waals surface area contributed by atoms with Gasteiger partial charge in [-0.2, -0.15) is 0 Å². The molecule has 1 unspecified atom stereocenters. The van der Waals surface area contributed by atoms with Crippen LogP contribution in [0.1, 0.15) is 25.3 Å². The molecule has 0 heterocycles. The van der Waals surface area contributed by atoms with Crippen LogP contribution in [0.4, 0.5) is 0 Å². The molecule has 100 valence electrons. The monoisotopic (exact) mass is 270 g/mol. The van der Waals surface area contributed by atoms with E-state index in [0.29, 0.717) is 6.42 Å². The van der Waals surface area contributed by atoms with E-state index in [1.54, 1.807) is 6.92 Å². The van der Waals surface area contributed by atoms with Gasteiger partial charge in [-0.3, -0.25) is 9.36 Å². The summed E-state index contributed by atoms with van der Waals surface area (Å²) < 4.78 is 10.7. The number of carbonyl (C=O) groups is 1. The van der Waals surface area contributed by atoms with E-state index in [-0.39, 0.29) is 11.7 Å². The van der Waals surface area contributed by atoms with Crippen LogP contribution in [0.5, 0.6) is 0 Å². The van der Waals surface area contributed by atoms with E-state index >= 15 is 0 Å². The van der Waals surface area contributed by atoms with Crippen LogP contribution in [-0.2, 0) is 15.8 Å². The highest BCUT2D eigenvalue weighted by molar-refractivity contribution is 7.52. The normalized spacial score (nSPS) is 13.3. The van der Waals surface area contributed by atoms with Crippen LogP contribution in [0.3, 0.4) is 0 Å². The molecule has 0 saturated heterocycles. The summed E-state index contributed by atoms with van der Waals surface area (Å²) in [4.78, 5) is 29.0. The van der Waals surface area contributed by atoms with Crippen molar-refractivity contribution in [1.29, 1.82) is 0 Å². The zero-order chi connectivity index (χ0) is 13.6. The molecule has 0 bridgehead atoms. The van der Waals surface area contributed by atoms with Gasteiger partial charge in [0.05, 0.1) is 0 Å². The van der Waals surface area contributed by atoms with Crippen LogP contribution < -0.4 is 0 Å². The van der Waals surface area contributed by atoms with Crippen molar-refractivity contribution in [3.63, 3.8) is 0 Å². The van der Waals surface area contributed by atoms with E-state index in [2.05, 4.69) is 0 Å². The Hall–Kier alpha value is -0.960.